The van der Waals surface area contributed by atoms with Gasteiger partial charge in [0.15, 0.2) is 0 Å². The Balaban J connectivity index is 2.33. The van der Waals surface area contributed by atoms with E-state index in [0.29, 0.717) is 0 Å². The molecule has 0 radical (unpaired) electrons. The van der Waals surface area contributed by atoms with Gasteiger partial charge in [0.1, 0.15) is 0 Å². The number of rotatable bonds is 4. The second-order valence-electron chi connectivity index (χ2n) is 4.95. The number of hydrogen-bond acceptors (Lipinski definition) is 1. The molecule has 0 aromatic heterocycles. The van der Waals surface area contributed by atoms with E-state index >= 15 is 0 Å². The SMILES string of the molecule is CCC/C(=C\C(=O)O)c1ccc2c(c1)CCCC2. The van der Waals surface area contributed by atoms with Crippen LogP contribution in [0, 0.1) is 0 Å². The fourth-order valence-electron chi connectivity index (χ4n) is 2.65. The van der Waals surface area contributed by atoms with Crippen LogP contribution in [0.4, 0.5) is 0 Å². The molecule has 0 spiro atoms. The van der Waals surface area contributed by atoms with Crippen LogP contribution in [0.2, 0.25) is 0 Å². The summed E-state index contributed by atoms with van der Waals surface area (Å²) in [6, 6.07) is 6.45. The van der Waals surface area contributed by atoms with Gasteiger partial charge in [-0.15, -0.1) is 0 Å². The third-order valence-corrected chi connectivity index (χ3v) is 3.54. The summed E-state index contributed by atoms with van der Waals surface area (Å²) < 4.78 is 0. The summed E-state index contributed by atoms with van der Waals surface area (Å²) in [4.78, 5) is 10.9. The zero-order valence-electron chi connectivity index (χ0n) is 10.9. The van der Waals surface area contributed by atoms with E-state index in [1.54, 1.807) is 0 Å². The van der Waals surface area contributed by atoms with Gasteiger partial charge in [-0.05, 0) is 54.4 Å². The Labute approximate surface area is 108 Å². The summed E-state index contributed by atoms with van der Waals surface area (Å²) in [5.41, 5.74) is 4.88. The number of carboxylic acid groups (broad SMARTS) is 1. The van der Waals surface area contributed by atoms with Gasteiger partial charge in [0, 0.05) is 6.08 Å². The van der Waals surface area contributed by atoms with E-state index in [0.717, 1.165) is 30.4 Å². The molecule has 0 saturated heterocycles. The van der Waals surface area contributed by atoms with Crippen molar-refractivity contribution in [2.75, 3.05) is 0 Å². The molecule has 2 heteroatoms. The largest absolute Gasteiger partial charge is 0.478 e. The highest BCUT2D eigenvalue weighted by molar-refractivity contribution is 5.90. The molecule has 2 nitrogen and oxygen atoms in total. The lowest BCUT2D eigenvalue weighted by atomic mass is 9.88. The van der Waals surface area contributed by atoms with Crippen LogP contribution in [0.1, 0.15) is 49.3 Å². The third-order valence-electron chi connectivity index (χ3n) is 3.54. The minimum absolute atomic E-state index is 0.824. The average molecular weight is 244 g/mol. The van der Waals surface area contributed by atoms with Crippen molar-refractivity contribution in [3.8, 4) is 0 Å². The number of benzene rings is 1. The van der Waals surface area contributed by atoms with Crippen LogP contribution in [-0.2, 0) is 17.6 Å². The van der Waals surface area contributed by atoms with Gasteiger partial charge < -0.3 is 5.11 Å². The van der Waals surface area contributed by atoms with Gasteiger partial charge in [0.05, 0.1) is 0 Å². The lowest BCUT2D eigenvalue weighted by molar-refractivity contribution is -0.131. The Morgan fingerprint density at radius 3 is 2.67 bits per heavy atom. The van der Waals surface area contributed by atoms with Gasteiger partial charge in [-0.2, -0.15) is 0 Å². The van der Waals surface area contributed by atoms with E-state index in [1.807, 2.05) is 0 Å². The summed E-state index contributed by atoms with van der Waals surface area (Å²) >= 11 is 0. The molecule has 1 aliphatic rings. The Kier molecular flexibility index (Phi) is 4.19. The highest BCUT2D eigenvalue weighted by Gasteiger charge is 2.11. The molecule has 0 amide bonds. The van der Waals surface area contributed by atoms with Crippen LogP contribution in [0.25, 0.3) is 5.57 Å². The number of aliphatic carboxylic acids is 1. The maximum Gasteiger partial charge on any atom is 0.328 e. The van der Waals surface area contributed by atoms with Crippen molar-refractivity contribution in [1.82, 2.24) is 0 Å². The second-order valence-corrected chi connectivity index (χ2v) is 4.95. The molecule has 1 aliphatic carbocycles. The van der Waals surface area contributed by atoms with Gasteiger partial charge in [-0.25, -0.2) is 4.79 Å². The fourth-order valence-corrected chi connectivity index (χ4v) is 2.65. The highest BCUT2D eigenvalue weighted by Crippen LogP contribution is 2.27. The van der Waals surface area contributed by atoms with Gasteiger partial charge >= 0.3 is 5.97 Å². The van der Waals surface area contributed by atoms with Crippen molar-refractivity contribution in [3.05, 3.63) is 41.0 Å². The molecule has 0 aliphatic heterocycles. The molecule has 1 aromatic carbocycles. The number of hydrogen-bond donors (Lipinski definition) is 1. The Bertz CT molecular complexity index is 472. The van der Waals surface area contributed by atoms with Crippen molar-refractivity contribution < 1.29 is 9.90 Å². The van der Waals surface area contributed by atoms with Crippen molar-refractivity contribution in [2.24, 2.45) is 0 Å². The molecule has 1 aromatic rings. The lowest BCUT2D eigenvalue weighted by Crippen LogP contribution is -2.03. The van der Waals surface area contributed by atoms with Crippen LogP contribution in [-0.4, -0.2) is 11.1 Å². The third kappa shape index (κ3) is 3.00. The van der Waals surface area contributed by atoms with Crippen LogP contribution in [0.15, 0.2) is 24.3 Å². The first-order valence-electron chi connectivity index (χ1n) is 6.76. The minimum atomic E-state index is -0.851. The van der Waals surface area contributed by atoms with Gasteiger partial charge in [-0.3, -0.25) is 0 Å². The predicted molar refractivity (Wildman–Crippen MR) is 73.6 cm³/mol. The Morgan fingerprint density at radius 2 is 2.00 bits per heavy atom. The molecule has 18 heavy (non-hydrogen) atoms. The van der Waals surface area contributed by atoms with Gasteiger partial charge in [-0.1, -0.05) is 31.5 Å². The number of carbonyl (C=O) groups is 1. The van der Waals surface area contributed by atoms with Crippen LogP contribution in [0.5, 0.6) is 0 Å². The number of carboxylic acids is 1. The zero-order valence-corrected chi connectivity index (χ0v) is 10.9. The Hall–Kier alpha value is -1.57. The second kappa shape index (κ2) is 5.85. The fraction of sp³-hybridized carbons (Fsp3) is 0.438. The summed E-state index contributed by atoms with van der Waals surface area (Å²) in [6.07, 6.45) is 7.98. The molecule has 0 fully saturated rings. The first-order valence-corrected chi connectivity index (χ1v) is 6.76. The van der Waals surface area contributed by atoms with E-state index in [9.17, 15) is 4.79 Å². The predicted octanol–water partition coefficient (Wildman–Crippen LogP) is 3.83. The highest BCUT2D eigenvalue weighted by atomic mass is 16.4. The lowest BCUT2D eigenvalue weighted by Gasteiger charge is -2.17. The van der Waals surface area contributed by atoms with E-state index < -0.39 is 5.97 Å². The molecule has 1 N–H and O–H groups in total. The topological polar surface area (TPSA) is 37.3 Å². The number of fused-ring (bicyclic) bond motifs is 1. The molecule has 96 valence electrons. The first kappa shape index (κ1) is 12.9. The van der Waals surface area contributed by atoms with E-state index in [2.05, 4.69) is 25.1 Å². The van der Waals surface area contributed by atoms with Crippen LogP contribution in [0.3, 0.4) is 0 Å². The smallest absolute Gasteiger partial charge is 0.328 e. The summed E-state index contributed by atoms with van der Waals surface area (Å²) in [6.45, 7) is 2.08. The van der Waals surface area contributed by atoms with Gasteiger partial charge in [0.2, 0.25) is 0 Å². The van der Waals surface area contributed by atoms with Crippen molar-refractivity contribution in [2.45, 2.75) is 45.4 Å². The van der Waals surface area contributed by atoms with E-state index in [4.69, 9.17) is 5.11 Å². The normalized spacial score (nSPS) is 15.3. The molecule has 0 atom stereocenters. The first-order chi connectivity index (χ1) is 8.70. The molecular formula is C16H20O2. The average Bonchev–Trinajstić information content (AvgIpc) is 2.37. The quantitative estimate of drug-likeness (QED) is 0.817. The number of aryl methyl sites for hydroxylation is 2. The van der Waals surface area contributed by atoms with E-state index in [-0.39, 0.29) is 0 Å². The number of allylic oxidation sites excluding steroid dienone is 1. The van der Waals surface area contributed by atoms with Crippen molar-refractivity contribution >= 4 is 11.5 Å². The standard InChI is InChI=1S/C16H20O2/c1-2-5-13(11-16(17)18)15-9-8-12-6-3-4-7-14(12)10-15/h8-11H,2-7H2,1H3,(H,17,18)/b13-11+. The molecule has 0 unspecified atom stereocenters. The summed E-state index contributed by atoms with van der Waals surface area (Å²) in [5, 5.41) is 8.93. The maximum absolute atomic E-state index is 10.9. The Morgan fingerprint density at radius 1 is 1.28 bits per heavy atom. The zero-order chi connectivity index (χ0) is 13.0. The van der Waals surface area contributed by atoms with Crippen molar-refractivity contribution in [1.29, 1.82) is 0 Å². The molecule has 2 rings (SSSR count). The molecular weight excluding hydrogens is 224 g/mol. The molecule has 0 heterocycles. The monoisotopic (exact) mass is 244 g/mol. The van der Waals surface area contributed by atoms with Gasteiger partial charge in [0.25, 0.3) is 0 Å². The summed E-state index contributed by atoms with van der Waals surface area (Å²) in [5.74, 6) is -0.851. The molecule has 0 saturated carbocycles. The molecule has 0 bridgehead atoms. The van der Waals surface area contributed by atoms with Crippen molar-refractivity contribution in [3.63, 3.8) is 0 Å². The minimum Gasteiger partial charge on any atom is -0.478 e. The maximum atomic E-state index is 10.9. The van der Waals surface area contributed by atoms with Crippen LogP contribution < -0.4 is 0 Å². The summed E-state index contributed by atoms with van der Waals surface area (Å²) in [7, 11) is 0. The van der Waals surface area contributed by atoms with Crippen LogP contribution >= 0.6 is 0 Å². The van der Waals surface area contributed by atoms with E-state index in [1.165, 1.54) is 36.5 Å².